The first-order chi connectivity index (χ1) is 11.2. The molecule has 1 aromatic rings. The van der Waals surface area contributed by atoms with E-state index in [1.165, 1.54) is 24.8 Å². The molecule has 0 bridgehead atoms. The molecule has 0 amide bonds. The molecule has 24 heavy (non-hydrogen) atoms. The molecular formula is C16H20ClF3N2O2. The van der Waals surface area contributed by atoms with Crippen LogP contribution in [0.4, 0.5) is 13.2 Å². The van der Waals surface area contributed by atoms with Crippen molar-refractivity contribution in [2.75, 3.05) is 19.6 Å². The topological polar surface area (TPSA) is 61.4 Å². The van der Waals surface area contributed by atoms with E-state index in [9.17, 15) is 13.2 Å². The van der Waals surface area contributed by atoms with Gasteiger partial charge in [0.25, 0.3) is 0 Å². The van der Waals surface area contributed by atoms with Crippen molar-refractivity contribution < 1.29 is 23.1 Å². The molecule has 2 fully saturated rings. The molecule has 0 unspecified atom stereocenters. The van der Waals surface area contributed by atoms with Crippen LogP contribution in [-0.2, 0) is 10.3 Å². The van der Waals surface area contributed by atoms with Gasteiger partial charge in [0, 0.05) is 30.2 Å². The number of nitrogens with one attached hydrogen (secondary N) is 2. The summed E-state index contributed by atoms with van der Waals surface area (Å²) in [5, 5.41) is 15.1. The smallest absolute Gasteiger partial charge is 0.475 e. The van der Waals surface area contributed by atoms with Crippen molar-refractivity contribution in [3.8, 4) is 0 Å². The second-order valence-corrected chi connectivity index (χ2v) is 6.53. The zero-order chi connectivity index (χ0) is 17.8. The summed E-state index contributed by atoms with van der Waals surface area (Å²) in [6.07, 6.45) is -1.34. The lowest BCUT2D eigenvalue weighted by Crippen LogP contribution is -2.54. The van der Waals surface area contributed by atoms with E-state index in [-0.39, 0.29) is 5.54 Å². The maximum Gasteiger partial charge on any atom is 0.490 e. The van der Waals surface area contributed by atoms with E-state index >= 15 is 0 Å². The van der Waals surface area contributed by atoms with Crippen LogP contribution >= 0.6 is 11.6 Å². The highest BCUT2D eigenvalue weighted by Gasteiger charge is 2.40. The second-order valence-electron chi connectivity index (χ2n) is 6.12. The van der Waals surface area contributed by atoms with Gasteiger partial charge in [0.2, 0.25) is 0 Å². The first kappa shape index (κ1) is 19.0. The van der Waals surface area contributed by atoms with Crippen molar-refractivity contribution in [2.24, 2.45) is 5.92 Å². The number of carbonyl (C=O) groups is 1. The minimum Gasteiger partial charge on any atom is -0.475 e. The summed E-state index contributed by atoms with van der Waals surface area (Å²) >= 11 is 6.33. The van der Waals surface area contributed by atoms with Crippen LogP contribution in [0.25, 0.3) is 0 Å². The highest BCUT2D eigenvalue weighted by atomic mass is 35.5. The van der Waals surface area contributed by atoms with Crippen LogP contribution in [-0.4, -0.2) is 36.9 Å². The predicted octanol–water partition coefficient (Wildman–Crippen LogP) is 3.16. The van der Waals surface area contributed by atoms with E-state index in [0.717, 1.165) is 30.6 Å². The highest BCUT2D eigenvalue weighted by molar-refractivity contribution is 6.31. The molecule has 1 aliphatic heterocycles. The molecule has 0 radical (unpaired) electrons. The molecule has 0 aromatic heterocycles. The van der Waals surface area contributed by atoms with Gasteiger partial charge in [-0.15, -0.1) is 0 Å². The van der Waals surface area contributed by atoms with Gasteiger partial charge in [-0.1, -0.05) is 29.8 Å². The molecule has 134 valence electrons. The molecule has 1 aliphatic carbocycles. The normalized spacial score (nSPS) is 19.5. The SMILES string of the molecule is Clc1ccccc1C1(NCC2CNC2)CCC1.O=C(O)C(F)(F)F. The fraction of sp³-hybridized carbons (Fsp3) is 0.562. The van der Waals surface area contributed by atoms with Crippen molar-refractivity contribution in [2.45, 2.75) is 31.0 Å². The molecule has 1 saturated heterocycles. The maximum atomic E-state index is 10.6. The zero-order valence-electron chi connectivity index (χ0n) is 13.0. The molecular weight excluding hydrogens is 345 g/mol. The molecule has 2 aliphatic rings. The van der Waals surface area contributed by atoms with E-state index in [0.29, 0.717) is 0 Å². The standard InChI is InChI=1S/C14H19ClN2.C2HF3O2/c15-13-5-2-1-4-12(13)14(6-3-7-14)17-10-11-8-16-9-11;3-2(4,5)1(6)7/h1-2,4-5,11,16-17H,3,6-10H2;(H,6,7). The number of carboxylic acids is 1. The third-order valence-electron chi connectivity index (χ3n) is 4.43. The minimum atomic E-state index is -5.08. The summed E-state index contributed by atoms with van der Waals surface area (Å²) in [6.45, 7) is 3.43. The van der Waals surface area contributed by atoms with Gasteiger partial charge in [0.1, 0.15) is 0 Å². The summed E-state index contributed by atoms with van der Waals surface area (Å²) < 4.78 is 31.7. The Morgan fingerprint density at radius 1 is 1.33 bits per heavy atom. The van der Waals surface area contributed by atoms with Crippen molar-refractivity contribution >= 4 is 17.6 Å². The average molecular weight is 365 g/mol. The maximum absolute atomic E-state index is 10.6. The summed E-state index contributed by atoms with van der Waals surface area (Å²) in [7, 11) is 0. The molecule has 1 aromatic carbocycles. The van der Waals surface area contributed by atoms with Gasteiger partial charge >= 0.3 is 12.1 Å². The van der Waals surface area contributed by atoms with Gasteiger partial charge in [-0.25, -0.2) is 4.79 Å². The third kappa shape index (κ3) is 4.62. The minimum absolute atomic E-state index is 0.161. The van der Waals surface area contributed by atoms with Gasteiger partial charge in [-0.05, 0) is 36.8 Å². The Balaban J connectivity index is 0.000000256. The van der Waals surface area contributed by atoms with Gasteiger partial charge < -0.3 is 15.7 Å². The first-order valence-corrected chi connectivity index (χ1v) is 8.13. The van der Waals surface area contributed by atoms with Crippen LogP contribution in [0.15, 0.2) is 24.3 Å². The van der Waals surface area contributed by atoms with Crippen LogP contribution in [0.1, 0.15) is 24.8 Å². The van der Waals surface area contributed by atoms with Gasteiger partial charge in [-0.3, -0.25) is 0 Å². The van der Waals surface area contributed by atoms with E-state index in [2.05, 4.69) is 22.8 Å². The average Bonchev–Trinajstić information content (AvgIpc) is 2.40. The van der Waals surface area contributed by atoms with E-state index in [1.54, 1.807) is 0 Å². The van der Waals surface area contributed by atoms with E-state index < -0.39 is 12.1 Å². The number of hydrogen-bond donors (Lipinski definition) is 3. The Bertz CT molecular complexity index is 573. The Hall–Kier alpha value is -1.31. The van der Waals surface area contributed by atoms with Crippen LogP contribution in [0, 0.1) is 5.92 Å². The fourth-order valence-electron chi connectivity index (χ4n) is 2.75. The molecule has 8 heteroatoms. The fourth-order valence-corrected chi connectivity index (χ4v) is 3.07. The Kier molecular flexibility index (Phi) is 6.11. The van der Waals surface area contributed by atoms with Crippen molar-refractivity contribution in [1.82, 2.24) is 10.6 Å². The molecule has 3 N–H and O–H groups in total. The van der Waals surface area contributed by atoms with Gasteiger partial charge in [0.05, 0.1) is 0 Å². The van der Waals surface area contributed by atoms with Crippen molar-refractivity contribution in [1.29, 1.82) is 0 Å². The largest absolute Gasteiger partial charge is 0.490 e. The number of aliphatic carboxylic acids is 1. The predicted molar refractivity (Wildman–Crippen MR) is 85.0 cm³/mol. The number of rotatable bonds is 4. The van der Waals surface area contributed by atoms with Crippen LogP contribution in [0.3, 0.4) is 0 Å². The molecule has 0 atom stereocenters. The number of hydrogen-bond acceptors (Lipinski definition) is 3. The number of alkyl halides is 3. The molecule has 3 rings (SSSR count). The molecule has 1 saturated carbocycles. The van der Waals surface area contributed by atoms with Gasteiger partial charge in [0.15, 0.2) is 0 Å². The van der Waals surface area contributed by atoms with E-state index in [4.69, 9.17) is 21.5 Å². The Morgan fingerprint density at radius 3 is 2.29 bits per heavy atom. The number of halogens is 4. The first-order valence-electron chi connectivity index (χ1n) is 7.75. The van der Waals surface area contributed by atoms with Gasteiger partial charge in [-0.2, -0.15) is 13.2 Å². The summed E-state index contributed by atoms with van der Waals surface area (Å²) in [5.41, 5.74) is 1.45. The second kappa shape index (κ2) is 7.72. The molecule has 4 nitrogen and oxygen atoms in total. The number of carboxylic acid groups (broad SMARTS) is 1. The van der Waals surface area contributed by atoms with Crippen LogP contribution in [0.5, 0.6) is 0 Å². The lowest BCUT2D eigenvalue weighted by atomic mass is 9.71. The highest BCUT2D eigenvalue weighted by Crippen LogP contribution is 2.43. The Morgan fingerprint density at radius 2 is 1.92 bits per heavy atom. The van der Waals surface area contributed by atoms with Crippen molar-refractivity contribution in [3.05, 3.63) is 34.9 Å². The zero-order valence-corrected chi connectivity index (χ0v) is 13.8. The lowest BCUT2D eigenvalue weighted by molar-refractivity contribution is -0.192. The lowest BCUT2D eigenvalue weighted by Gasteiger charge is -2.45. The Labute approximate surface area is 143 Å². The van der Waals surface area contributed by atoms with Crippen LogP contribution < -0.4 is 10.6 Å². The van der Waals surface area contributed by atoms with Crippen molar-refractivity contribution in [3.63, 3.8) is 0 Å². The monoisotopic (exact) mass is 364 g/mol. The third-order valence-corrected chi connectivity index (χ3v) is 4.76. The summed E-state index contributed by atoms with van der Waals surface area (Å²) in [6, 6.07) is 8.28. The number of benzene rings is 1. The quantitative estimate of drug-likeness (QED) is 0.768. The summed E-state index contributed by atoms with van der Waals surface area (Å²) in [4.78, 5) is 8.90. The van der Waals surface area contributed by atoms with E-state index in [1.807, 2.05) is 12.1 Å². The molecule has 1 heterocycles. The summed E-state index contributed by atoms with van der Waals surface area (Å²) in [5.74, 6) is -1.96. The van der Waals surface area contributed by atoms with Crippen LogP contribution in [0.2, 0.25) is 5.02 Å². The molecule has 0 spiro atoms.